The van der Waals surface area contributed by atoms with Gasteiger partial charge in [-0.3, -0.25) is 9.59 Å². The van der Waals surface area contributed by atoms with Crippen molar-refractivity contribution in [1.29, 1.82) is 0 Å². The first-order valence-electron chi connectivity index (χ1n) is 7.86. The SMILES string of the molecule is CCOC(=O)CSCC(=O)Nc1cc(S(=O)(=O)N(C)C)ccc1N(C)C. The van der Waals surface area contributed by atoms with E-state index in [4.69, 9.17) is 4.74 Å². The zero-order valence-corrected chi connectivity index (χ0v) is 17.2. The Morgan fingerprint density at radius 1 is 1.15 bits per heavy atom. The summed E-state index contributed by atoms with van der Waals surface area (Å²) in [7, 11) is 2.86. The van der Waals surface area contributed by atoms with Crippen molar-refractivity contribution < 1.29 is 22.7 Å². The van der Waals surface area contributed by atoms with Crippen molar-refractivity contribution in [2.45, 2.75) is 11.8 Å². The second-order valence-electron chi connectivity index (χ2n) is 5.71. The lowest BCUT2D eigenvalue weighted by Gasteiger charge is -2.20. The number of sulfonamides is 1. The van der Waals surface area contributed by atoms with Gasteiger partial charge in [0, 0.05) is 28.2 Å². The zero-order chi connectivity index (χ0) is 19.9. The quantitative estimate of drug-likeness (QED) is 0.620. The van der Waals surface area contributed by atoms with Crippen LogP contribution < -0.4 is 10.2 Å². The molecule has 1 amide bonds. The molecule has 8 nitrogen and oxygen atoms in total. The van der Waals surface area contributed by atoms with Crippen LogP contribution in [-0.2, 0) is 24.3 Å². The fraction of sp³-hybridized carbons (Fsp3) is 0.500. The van der Waals surface area contributed by atoms with Crippen LogP contribution in [-0.4, -0.2) is 70.9 Å². The Morgan fingerprint density at radius 2 is 1.81 bits per heavy atom. The number of amides is 1. The second-order valence-corrected chi connectivity index (χ2v) is 8.84. The van der Waals surface area contributed by atoms with Gasteiger partial charge in [-0.2, -0.15) is 0 Å². The van der Waals surface area contributed by atoms with Gasteiger partial charge in [0.2, 0.25) is 15.9 Å². The van der Waals surface area contributed by atoms with Crippen molar-refractivity contribution >= 4 is 45.0 Å². The molecule has 0 aliphatic rings. The third-order valence-corrected chi connectivity index (χ3v) is 5.98. The van der Waals surface area contributed by atoms with E-state index in [1.807, 2.05) is 0 Å². The fourth-order valence-electron chi connectivity index (χ4n) is 1.99. The summed E-state index contributed by atoms with van der Waals surface area (Å²) in [6.07, 6.45) is 0. The number of thioether (sulfide) groups is 1. The highest BCUT2D eigenvalue weighted by molar-refractivity contribution is 8.00. The maximum atomic E-state index is 12.3. The Balaban J connectivity index is 2.92. The van der Waals surface area contributed by atoms with E-state index in [1.165, 1.54) is 26.2 Å². The number of hydrogen-bond acceptors (Lipinski definition) is 7. The summed E-state index contributed by atoms with van der Waals surface area (Å²) < 4.78 is 30.5. The predicted molar refractivity (Wildman–Crippen MR) is 104 cm³/mol. The van der Waals surface area contributed by atoms with Gasteiger partial charge in [0.25, 0.3) is 0 Å². The molecule has 0 saturated heterocycles. The number of benzene rings is 1. The molecular weight excluding hydrogens is 378 g/mol. The molecule has 1 N–H and O–H groups in total. The van der Waals surface area contributed by atoms with Gasteiger partial charge in [-0.05, 0) is 25.1 Å². The fourth-order valence-corrected chi connectivity index (χ4v) is 3.53. The summed E-state index contributed by atoms with van der Waals surface area (Å²) in [6.45, 7) is 2.01. The molecule has 0 aromatic heterocycles. The number of carbonyl (C=O) groups excluding carboxylic acids is 2. The summed E-state index contributed by atoms with van der Waals surface area (Å²) in [6, 6.07) is 4.56. The number of hydrogen-bond donors (Lipinski definition) is 1. The smallest absolute Gasteiger partial charge is 0.315 e. The lowest BCUT2D eigenvalue weighted by Crippen LogP contribution is -2.23. The molecule has 0 radical (unpaired) electrons. The number of ether oxygens (including phenoxy) is 1. The summed E-state index contributed by atoms with van der Waals surface area (Å²) in [5.41, 5.74) is 1.06. The molecule has 0 heterocycles. The highest BCUT2D eigenvalue weighted by atomic mass is 32.2. The van der Waals surface area contributed by atoms with Crippen molar-refractivity contribution in [3.8, 4) is 0 Å². The maximum absolute atomic E-state index is 12.3. The van der Waals surface area contributed by atoms with Crippen LogP contribution in [0.25, 0.3) is 0 Å². The van der Waals surface area contributed by atoms with Gasteiger partial charge in [-0.1, -0.05) is 0 Å². The van der Waals surface area contributed by atoms with E-state index in [2.05, 4.69) is 5.32 Å². The molecule has 0 fully saturated rings. The van der Waals surface area contributed by atoms with Crippen molar-refractivity contribution in [2.75, 3.05) is 56.5 Å². The molecule has 0 spiro atoms. The van der Waals surface area contributed by atoms with Crippen LogP contribution in [0.5, 0.6) is 0 Å². The van der Waals surface area contributed by atoms with Gasteiger partial charge in [0.05, 0.1) is 34.4 Å². The van der Waals surface area contributed by atoms with Crippen LogP contribution in [0.15, 0.2) is 23.1 Å². The van der Waals surface area contributed by atoms with E-state index >= 15 is 0 Å². The highest BCUT2D eigenvalue weighted by Gasteiger charge is 2.20. The van der Waals surface area contributed by atoms with E-state index in [0.717, 1.165) is 16.1 Å². The van der Waals surface area contributed by atoms with Gasteiger partial charge in [-0.25, -0.2) is 12.7 Å². The number of esters is 1. The van der Waals surface area contributed by atoms with Gasteiger partial charge in [0.1, 0.15) is 0 Å². The number of carbonyl (C=O) groups is 2. The molecule has 0 saturated carbocycles. The molecular formula is C16H25N3O5S2. The lowest BCUT2D eigenvalue weighted by molar-refractivity contribution is -0.139. The van der Waals surface area contributed by atoms with Crippen LogP contribution in [0.1, 0.15) is 6.92 Å². The van der Waals surface area contributed by atoms with Crippen molar-refractivity contribution in [3.05, 3.63) is 18.2 Å². The number of nitrogens with one attached hydrogen (secondary N) is 1. The first-order chi connectivity index (χ1) is 12.1. The molecule has 0 bridgehead atoms. The number of rotatable bonds is 9. The minimum atomic E-state index is -3.62. The Morgan fingerprint density at radius 3 is 2.35 bits per heavy atom. The van der Waals surface area contributed by atoms with Crippen molar-refractivity contribution in [1.82, 2.24) is 4.31 Å². The molecule has 1 aromatic rings. The monoisotopic (exact) mass is 403 g/mol. The van der Waals surface area contributed by atoms with E-state index in [-0.39, 0.29) is 28.3 Å². The van der Waals surface area contributed by atoms with E-state index in [9.17, 15) is 18.0 Å². The predicted octanol–water partition coefficient (Wildman–Crippen LogP) is 1.24. The van der Waals surface area contributed by atoms with Gasteiger partial charge >= 0.3 is 5.97 Å². The van der Waals surface area contributed by atoms with E-state index < -0.39 is 10.0 Å². The summed E-state index contributed by atoms with van der Waals surface area (Å²) in [5, 5.41) is 2.71. The molecule has 0 unspecified atom stereocenters. The number of nitrogens with zero attached hydrogens (tertiary/aromatic N) is 2. The van der Waals surface area contributed by atoms with Crippen molar-refractivity contribution in [2.24, 2.45) is 0 Å². The van der Waals surface area contributed by atoms with Crippen LogP contribution >= 0.6 is 11.8 Å². The molecule has 1 rings (SSSR count). The second kappa shape index (κ2) is 9.79. The largest absolute Gasteiger partial charge is 0.465 e. The molecule has 0 aliphatic heterocycles. The minimum absolute atomic E-state index is 0.0519. The summed E-state index contributed by atoms with van der Waals surface area (Å²) in [5.74, 6) is -0.576. The average molecular weight is 404 g/mol. The Bertz CT molecular complexity index is 748. The van der Waals surface area contributed by atoms with E-state index in [0.29, 0.717) is 18.0 Å². The Kier molecular flexibility index (Phi) is 8.38. The van der Waals surface area contributed by atoms with Crippen LogP contribution in [0.2, 0.25) is 0 Å². The average Bonchev–Trinajstić information content (AvgIpc) is 2.54. The lowest BCUT2D eigenvalue weighted by atomic mass is 10.2. The van der Waals surface area contributed by atoms with E-state index in [1.54, 1.807) is 32.0 Å². The Hall–Kier alpha value is -1.78. The highest BCUT2D eigenvalue weighted by Crippen LogP contribution is 2.28. The molecule has 0 atom stereocenters. The van der Waals surface area contributed by atoms with Crippen LogP contribution in [0.4, 0.5) is 11.4 Å². The topological polar surface area (TPSA) is 96.0 Å². The third-order valence-electron chi connectivity index (χ3n) is 3.26. The van der Waals surface area contributed by atoms with Gasteiger partial charge in [-0.15, -0.1) is 11.8 Å². The standard InChI is InChI=1S/C16H25N3O5S2/c1-6-24-16(21)11-25-10-15(20)17-13-9-12(26(22,23)19(4)5)7-8-14(13)18(2)3/h7-9H,6,10-11H2,1-5H3,(H,17,20). The van der Waals surface area contributed by atoms with Gasteiger partial charge in [0.15, 0.2) is 0 Å². The van der Waals surface area contributed by atoms with Crippen molar-refractivity contribution in [3.63, 3.8) is 0 Å². The third kappa shape index (κ3) is 6.19. The first kappa shape index (κ1) is 22.3. The summed E-state index contributed by atoms with van der Waals surface area (Å²) >= 11 is 1.13. The molecule has 10 heteroatoms. The van der Waals surface area contributed by atoms with Crippen LogP contribution in [0, 0.1) is 0 Å². The minimum Gasteiger partial charge on any atom is -0.465 e. The van der Waals surface area contributed by atoms with Gasteiger partial charge < -0.3 is 15.0 Å². The normalized spacial score (nSPS) is 11.3. The summed E-state index contributed by atoms with van der Waals surface area (Å²) in [4.78, 5) is 25.3. The molecule has 26 heavy (non-hydrogen) atoms. The first-order valence-corrected chi connectivity index (χ1v) is 10.5. The number of anilines is 2. The van der Waals surface area contributed by atoms with Crippen LogP contribution in [0.3, 0.4) is 0 Å². The molecule has 1 aromatic carbocycles. The maximum Gasteiger partial charge on any atom is 0.315 e. The molecule has 0 aliphatic carbocycles. The molecule has 146 valence electrons. The Labute approximate surface area is 158 Å². The zero-order valence-electron chi connectivity index (χ0n) is 15.6.